The molecule has 0 aliphatic rings. The standard InChI is InChI=1S/C10H12O4.C2H6/c1-6-4-7(10(11)12)5-8(13-2)9(6)14-3;1-2/h4-5H,1-3H3,(H,11,12);1-2H3. The van der Waals surface area contributed by atoms with Crippen molar-refractivity contribution in [3.05, 3.63) is 23.3 Å². The molecule has 16 heavy (non-hydrogen) atoms. The van der Waals surface area contributed by atoms with Crippen LogP contribution in [0.15, 0.2) is 12.1 Å². The Bertz CT molecular complexity index is 358. The third kappa shape index (κ3) is 3.15. The first-order valence-corrected chi connectivity index (χ1v) is 5.06. The molecule has 0 radical (unpaired) electrons. The maximum absolute atomic E-state index is 10.7. The molecule has 90 valence electrons. The molecule has 1 N–H and O–H groups in total. The van der Waals surface area contributed by atoms with Crippen LogP contribution >= 0.6 is 0 Å². The summed E-state index contributed by atoms with van der Waals surface area (Å²) in [5.41, 5.74) is 0.935. The van der Waals surface area contributed by atoms with Gasteiger partial charge in [0, 0.05) is 0 Å². The number of aromatic carboxylic acids is 1. The highest BCUT2D eigenvalue weighted by Crippen LogP contribution is 2.31. The van der Waals surface area contributed by atoms with E-state index in [1.165, 1.54) is 20.3 Å². The van der Waals surface area contributed by atoms with Gasteiger partial charge in [-0.25, -0.2) is 4.79 Å². The number of hydrogen-bond acceptors (Lipinski definition) is 3. The number of methoxy groups -OCH3 is 2. The van der Waals surface area contributed by atoms with Crippen LogP contribution in [0, 0.1) is 6.92 Å². The number of hydrogen-bond donors (Lipinski definition) is 1. The fraction of sp³-hybridized carbons (Fsp3) is 0.417. The van der Waals surface area contributed by atoms with Gasteiger partial charge in [-0.2, -0.15) is 0 Å². The molecule has 0 aromatic heterocycles. The molecule has 0 amide bonds. The molecule has 4 heteroatoms. The Balaban J connectivity index is 0.00000106. The average Bonchev–Trinajstić information content (AvgIpc) is 2.30. The monoisotopic (exact) mass is 226 g/mol. The van der Waals surface area contributed by atoms with Crippen molar-refractivity contribution >= 4 is 5.97 Å². The molecule has 0 aliphatic carbocycles. The summed E-state index contributed by atoms with van der Waals surface area (Å²) in [7, 11) is 2.99. The Hall–Kier alpha value is -1.71. The second kappa shape index (κ2) is 6.71. The van der Waals surface area contributed by atoms with E-state index in [2.05, 4.69) is 0 Å². The normalized spacial score (nSPS) is 8.81. The van der Waals surface area contributed by atoms with Gasteiger partial charge in [0.2, 0.25) is 0 Å². The van der Waals surface area contributed by atoms with Crippen LogP contribution in [0.1, 0.15) is 29.8 Å². The van der Waals surface area contributed by atoms with E-state index in [1.807, 2.05) is 13.8 Å². The van der Waals surface area contributed by atoms with Crippen LogP contribution in [-0.4, -0.2) is 25.3 Å². The zero-order chi connectivity index (χ0) is 12.7. The van der Waals surface area contributed by atoms with Crippen molar-refractivity contribution in [3.63, 3.8) is 0 Å². The molecule has 0 saturated carbocycles. The number of carbonyl (C=O) groups is 1. The number of aryl methyl sites for hydroxylation is 1. The fourth-order valence-corrected chi connectivity index (χ4v) is 1.28. The van der Waals surface area contributed by atoms with E-state index in [4.69, 9.17) is 14.6 Å². The Morgan fingerprint density at radius 2 is 1.75 bits per heavy atom. The van der Waals surface area contributed by atoms with Gasteiger partial charge < -0.3 is 14.6 Å². The lowest BCUT2D eigenvalue weighted by molar-refractivity contribution is 0.0696. The van der Waals surface area contributed by atoms with Gasteiger partial charge in [-0.05, 0) is 24.6 Å². The molecule has 0 atom stereocenters. The minimum absolute atomic E-state index is 0.195. The van der Waals surface area contributed by atoms with Gasteiger partial charge in [0.05, 0.1) is 19.8 Å². The minimum Gasteiger partial charge on any atom is -0.493 e. The second-order valence-electron chi connectivity index (χ2n) is 2.83. The van der Waals surface area contributed by atoms with Crippen molar-refractivity contribution in [2.45, 2.75) is 20.8 Å². The number of carboxylic acids is 1. The van der Waals surface area contributed by atoms with Crippen molar-refractivity contribution in [1.29, 1.82) is 0 Å². The summed E-state index contributed by atoms with van der Waals surface area (Å²) >= 11 is 0. The van der Waals surface area contributed by atoms with Gasteiger partial charge in [-0.15, -0.1) is 0 Å². The summed E-state index contributed by atoms with van der Waals surface area (Å²) in [6, 6.07) is 2.98. The van der Waals surface area contributed by atoms with Gasteiger partial charge in [0.1, 0.15) is 0 Å². The van der Waals surface area contributed by atoms with Crippen molar-refractivity contribution in [2.75, 3.05) is 14.2 Å². The third-order valence-corrected chi connectivity index (χ3v) is 1.91. The SMILES string of the molecule is CC.COc1cc(C(=O)O)cc(C)c1OC. The van der Waals surface area contributed by atoms with Gasteiger partial charge >= 0.3 is 5.97 Å². The molecule has 0 heterocycles. The topological polar surface area (TPSA) is 55.8 Å². The van der Waals surface area contributed by atoms with Crippen molar-refractivity contribution < 1.29 is 19.4 Å². The minimum atomic E-state index is -0.978. The highest BCUT2D eigenvalue weighted by atomic mass is 16.5. The Morgan fingerprint density at radius 1 is 1.19 bits per heavy atom. The van der Waals surface area contributed by atoms with E-state index in [-0.39, 0.29) is 5.56 Å². The maximum atomic E-state index is 10.7. The predicted molar refractivity (Wildman–Crippen MR) is 62.6 cm³/mol. The zero-order valence-corrected chi connectivity index (χ0v) is 10.3. The lowest BCUT2D eigenvalue weighted by Crippen LogP contribution is -2.00. The summed E-state index contributed by atoms with van der Waals surface area (Å²) in [4.78, 5) is 10.7. The van der Waals surface area contributed by atoms with Crippen LogP contribution in [0.4, 0.5) is 0 Å². The predicted octanol–water partition coefficient (Wildman–Crippen LogP) is 2.74. The van der Waals surface area contributed by atoms with Crippen LogP contribution in [0.2, 0.25) is 0 Å². The van der Waals surface area contributed by atoms with Gasteiger partial charge in [0.15, 0.2) is 11.5 Å². The molecule has 0 saturated heterocycles. The highest BCUT2D eigenvalue weighted by Gasteiger charge is 2.12. The van der Waals surface area contributed by atoms with Crippen LogP contribution in [-0.2, 0) is 0 Å². The Labute approximate surface area is 95.8 Å². The smallest absolute Gasteiger partial charge is 0.335 e. The fourth-order valence-electron chi connectivity index (χ4n) is 1.28. The summed E-state index contributed by atoms with van der Waals surface area (Å²) in [5, 5.41) is 8.80. The van der Waals surface area contributed by atoms with E-state index in [9.17, 15) is 4.79 Å². The van der Waals surface area contributed by atoms with E-state index in [1.54, 1.807) is 13.0 Å². The first-order chi connectivity index (χ1) is 7.60. The Kier molecular flexibility index (Phi) is 6.00. The number of rotatable bonds is 3. The molecule has 1 aromatic rings. The largest absolute Gasteiger partial charge is 0.493 e. The maximum Gasteiger partial charge on any atom is 0.335 e. The molecule has 4 nitrogen and oxygen atoms in total. The highest BCUT2D eigenvalue weighted by molar-refractivity contribution is 5.89. The van der Waals surface area contributed by atoms with Crippen LogP contribution < -0.4 is 9.47 Å². The number of carboxylic acid groups (broad SMARTS) is 1. The van der Waals surface area contributed by atoms with Gasteiger partial charge in [-0.1, -0.05) is 13.8 Å². The summed E-state index contributed by atoms with van der Waals surface area (Å²) in [6.07, 6.45) is 0. The van der Waals surface area contributed by atoms with Gasteiger partial charge in [-0.3, -0.25) is 0 Å². The lowest BCUT2D eigenvalue weighted by Gasteiger charge is -2.10. The van der Waals surface area contributed by atoms with E-state index >= 15 is 0 Å². The number of ether oxygens (including phenoxy) is 2. The first-order valence-electron chi connectivity index (χ1n) is 5.06. The molecule has 0 unspecified atom stereocenters. The lowest BCUT2D eigenvalue weighted by atomic mass is 10.1. The van der Waals surface area contributed by atoms with E-state index < -0.39 is 5.97 Å². The van der Waals surface area contributed by atoms with Crippen LogP contribution in [0.3, 0.4) is 0 Å². The molecule has 1 aromatic carbocycles. The zero-order valence-electron chi connectivity index (χ0n) is 10.3. The first kappa shape index (κ1) is 14.3. The molecule has 0 fully saturated rings. The third-order valence-electron chi connectivity index (χ3n) is 1.91. The van der Waals surface area contributed by atoms with Crippen molar-refractivity contribution in [3.8, 4) is 11.5 Å². The summed E-state index contributed by atoms with van der Waals surface area (Å²) < 4.78 is 10.1. The molecular formula is C12H18O4. The average molecular weight is 226 g/mol. The van der Waals surface area contributed by atoms with E-state index in [0.717, 1.165) is 5.56 Å². The molecule has 0 bridgehead atoms. The molecule has 1 rings (SSSR count). The molecule has 0 spiro atoms. The quantitative estimate of drug-likeness (QED) is 0.861. The summed E-state index contributed by atoms with van der Waals surface area (Å²) in [6.45, 7) is 5.77. The second-order valence-corrected chi connectivity index (χ2v) is 2.83. The van der Waals surface area contributed by atoms with Crippen LogP contribution in [0.5, 0.6) is 11.5 Å². The molecule has 0 aliphatic heterocycles. The number of benzene rings is 1. The molecular weight excluding hydrogens is 208 g/mol. The van der Waals surface area contributed by atoms with Crippen LogP contribution in [0.25, 0.3) is 0 Å². The summed E-state index contributed by atoms with van der Waals surface area (Å²) in [5.74, 6) is 0.0245. The van der Waals surface area contributed by atoms with Crippen molar-refractivity contribution in [2.24, 2.45) is 0 Å². The van der Waals surface area contributed by atoms with E-state index in [0.29, 0.717) is 11.5 Å². The van der Waals surface area contributed by atoms with Gasteiger partial charge in [0.25, 0.3) is 0 Å². The Morgan fingerprint density at radius 3 is 2.12 bits per heavy atom. The van der Waals surface area contributed by atoms with Crippen molar-refractivity contribution in [1.82, 2.24) is 0 Å².